The molecule has 39 heavy (non-hydrogen) atoms. The molecule has 1 N–H and O–H groups in total. The first kappa shape index (κ1) is 24.4. The van der Waals surface area contributed by atoms with E-state index in [0.29, 0.717) is 34.1 Å². The lowest BCUT2D eigenvalue weighted by Gasteiger charge is -2.16. The van der Waals surface area contributed by atoms with E-state index < -0.39 is 5.92 Å². The van der Waals surface area contributed by atoms with E-state index in [9.17, 15) is 14.0 Å². The summed E-state index contributed by atoms with van der Waals surface area (Å²) in [4.78, 5) is 36.3. The van der Waals surface area contributed by atoms with Gasteiger partial charge in [0.1, 0.15) is 18.0 Å². The molecular weight excluding hydrogens is 499 g/mol. The van der Waals surface area contributed by atoms with E-state index in [1.807, 2.05) is 32.9 Å². The van der Waals surface area contributed by atoms with Crippen molar-refractivity contribution in [2.75, 3.05) is 16.8 Å². The molecule has 3 aromatic heterocycles. The number of aromatic nitrogens is 6. The van der Waals surface area contributed by atoms with Crippen molar-refractivity contribution < 1.29 is 14.0 Å². The van der Waals surface area contributed by atoms with Crippen molar-refractivity contribution in [1.82, 2.24) is 29.5 Å². The fourth-order valence-corrected chi connectivity index (χ4v) is 4.95. The monoisotopic (exact) mass is 524 g/mol. The maximum atomic E-state index is 13.3. The number of halogens is 1. The average Bonchev–Trinajstić information content (AvgIpc) is 3.61. The van der Waals surface area contributed by atoms with Crippen molar-refractivity contribution in [3.63, 3.8) is 0 Å². The van der Waals surface area contributed by atoms with Crippen LogP contribution in [0.3, 0.4) is 0 Å². The zero-order valence-electron chi connectivity index (χ0n) is 21.6. The Balaban J connectivity index is 1.29. The number of benzene rings is 2. The van der Waals surface area contributed by atoms with Crippen molar-refractivity contribution in [1.29, 1.82) is 0 Å². The fourth-order valence-electron chi connectivity index (χ4n) is 4.95. The molecule has 196 valence electrons. The van der Waals surface area contributed by atoms with Gasteiger partial charge in [-0.05, 0) is 56.7 Å². The summed E-state index contributed by atoms with van der Waals surface area (Å²) in [5.41, 5.74) is 4.95. The summed E-state index contributed by atoms with van der Waals surface area (Å²) >= 11 is 0. The third-order valence-electron chi connectivity index (χ3n) is 6.84. The predicted octanol–water partition coefficient (Wildman–Crippen LogP) is 4.06. The molecule has 10 nitrogen and oxygen atoms in total. The molecule has 4 heterocycles. The maximum absolute atomic E-state index is 13.3. The van der Waals surface area contributed by atoms with Crippen LogP contribution in [0.1, 0.15) is 23.2 Å². The molecule has 0 bridgehead atoms. The van der Waals surface area contributed by atoms with Gasteiger partial charge in [0.2, 0.25) is 11.8 Å². The quantitative estimate of drug-likeness (QED) is 0.371. The van der Waals surface area contributed by atoms with E-state index in [-0.39, 0.29) is 30.6 Å². The van der Waals surface area contributed by atoms with E-state index >= 15 is 0 Å². The second-order valence-corrected chi connectivity index (χ2v) is 9.73. The molecule has 1 saturated heterocycles. The van der Waals surface area contributed by atoms with Gasteiger partial charge in [0.25, 0.3) is 0 Å². The molecule has 1 aliphatic heterocycles. The second kappa shape index (κ2) is 9.43. The van der Waals surface area contributed by atoms with E-state index in [2.05, 4.69) is 31.5 Å². The van der Waals surface area contributed by atoms with Gasteiger partial charge in [0, 0.05) is 24.7 Å². The number of rotatable bonds is 5. The molecule has 0 spiro atoms. The van der Waals surface area contributed by atoms with Gasteiger partial charge in [-0.2, -0.15) is 14.9 Å². The van der Waals surface area contributed by atoms with E-state index in [1.165, 1.54) is 35.5 Å². The van der Waals surface area contributed by atoms with E-state index in [0.717, 1.165) is 16.8 Å². The Kier molecular flexibility index (Phi) is 5.90. The smallest absolute Gasteiger partial charge is 0.230 e. The van der Waals surface area contributed by atoms with Crippen molar-refractivity contribution in [3.8, 4) is 11.5 Å². The zero-order chi connectivity index (χ0) is 27.3. The lowest BCUT2D eigenvalue weighted by Crippen LogP contribution is -2.28. The number of aryl methyl sites for hydroxylation is 3. The molecule has 11 heteroatoms. The molecule has 1 atom stereocenters. The number of hydrogen-bond donors (Lipinski definition) is 1. The highest BCUT2D eigenvalue weighted by molar-refractivity contribution is 6.03. The molecule has 1 fully saturated rings. The highest BCUT2D eigenvalue weighted by atomic mass is 19.1. The predicted molar refractivity (Wildman–Crippen MR) is 143 cm³/mol. The summed E-state index contributed by atoms with van der Waals surface area (Å²) in [6.07, 6.45) is 3.18. The lowest BCUT2D eigenvalue weighted by molar-refractivity contribution is -0.122. The van der Waals surface area contributed by atoms with Crippen LogP contribution in [0.4, 0.5) is 15.9 Å². The van der Waals surface area contributed by atoms with Crippen LogP contribution in [0.2, 0.25) is 0 Å². The summed E-state index contributed by atoms with van der Waals surface area (Å²) in [5, 5.41) is 12.7. The Bertz CT molecular complexity index is 1740. The summed E-state index contributed by atoms with van der Waals surface area (Å²) in [5.74, 6) is -0.585. The van der Waals surface area contributed by atoms with Crippen molar-refractivity contribution >= 4 is 34.4 Å². The number of carbonyl (C=O) groups is 2. The highest BCUT2D eigenvalue weighted by Crippen LogP contribution is 2.28. The third-order valence-corrected chi connectivity index (χ3v) is 6.84. The Labute approximate surface area is 223 Å². The van der Waals surface area contributed by atoms with Crippen LogP contribution in [-0.4, -0.2) is 47.9 Å². The first-order valence-electron chi connectivity index (χ1n) is 12.5. The van der Waals surface area contributed by atoms with Crippen LogP contribution in [-0.2, 0) is 9.59 Å². The Morgan fingerprint density at radius 1 is 1.03 bits per heavy atom. The number of anilines is 2. The number of nitrogens with one attached hydrogen (secondary N) is 1. The van der Waals surface area contributed by atoms with Crippen molar-refractivity contribution in [2.24, 2.45) is 5.92 Å². The standard InChI is InChI=1S/C28H25FN8O2/c1-16-4-9-23(17(2)10-16)36-26-22(13-32-36)27(31-15-30-26)37-24(11-18(3)34-37)33-28(39)19-12-25(38)35(14-19)21-7-5-20(29)6-8-21/h4-11,13,15,19H,12,14H2,1-3H3,(H,33,39). The normalized spacial score (nSPS) is 15.3. The lowest BCUT2D eigenvalue weighted by atomic mass is 10.1. The minimum Gasteiger partial charge on any atom is -0.312 e. The van der Waals surface area contributed by atoms with Crippen LogP contribution >= 0.6 is 0 Å². The number of fused-ring (bicyclic) bond motifs is 1. The molecule has 0 radical (unpaired) electrons. The largest absolute Gasteiger partial charge is 0.312 e. The average molecular weight is 525 g/mol. The van der Waals surface area contributed by atoms with E-state index in [4.69, 9.17) is 0 Å². The molecule has 5 aromatic rings. The van der Waals surface area contributed by atoms with Crippen molar-refractivity contribution in [3.05, 3.63) is 83.7 Å². The number of hydrogen-bond acceptors (Lipinski definition) is 6. The minimum atomic E-state index is -0.580. The minimum absolute atomic E-state index is 0.0523. The van der Waals surface area contributed by atoms with Crippen LogP contribution < -0.4 is 10.2 Å². The van der Waals surface area contributed by atoms with Gasteiger partial charge < -0.3 is 10.2 Å². The highest BCUT2D eigenvalue weighted by Gasteiger charge is 2.35. The Morgan fingerprint density at radius 2 is 1.82 bits per heavy atom. The van der Waals surface area contributed by atoms with Gasteiger partial charge in [0.15, 0.2) is 11.5 Å². The van der Waals surface area contributed by atoms with Gasteiger partial charge in [-0.25, -0.2) is 19.0 Å². The molecule has 2 amide bonds. The Morgan fingerprint density at radius 3 is 2.59 bits per heavy atom. The van der Waals surface area contributed by atoms with Crippen LogP contribution in [0.5, 0.6) is 0 Å². The van der Waals surface area contributed by atoms with Crippen molar-refractivity contribution in [2.45, 2.75) is 27.2 Å². The van der Waals surface area contributed by atoms with Gasteiger partial charge in [-0.3, -0.25) is 9.59 Å². The molecule has 0 aliphatic carbocycles. The topological polar surface area (TPSA) is 111 Å². The third kappa shape index (κ3) is 4.41. The first-order valence-corrected chi connectivity index (χ1v) is 12.5. The van der Waals surface area contributed by atoms with Gasteiger partial charge in [-0.1, -0.05) is 17.7 Å². The number of nitrogens with zero attached hydrogens (tertiary/aromatic N) is 7. The van der Waals surface area contributed by atoms with E-state index in [1.54, 1.807) is 21.6 Å². The number of carbonyl (C=O) groups excluding carboxylic acids is 2. The summed E-state index contributed by atoms with van der Waals surface area (Å²) in [7, 11) is 0. The first-order chi connectivity index (χ1) is 18.8. The van der Waals surface area contributed by atoms with Gasteiger partial charge in [0.05, 0.1) is 28.9 Å². The SMILES string of the molecule is Cc1ccc(-n2ncc3c(-n4nc(C)cc4NC(=O)C4CC(=O)N(c5ccc(F)cc5)C4)ncnc32)c(C)c1. The fraction of sp³-hybridized carbons (Fsp3) is 0.214. The molecule has 6 rings (SSSR count). The molecular formula is C28H25FN8O2. The van der Waals surface area contributed by atoms with Crippen LogP contribution in [0, 0.1) is 32.5 Å². The Hall–Kier alpha value is -4.93. The maximum Gasteiger partial charge on any atom is 0.230 e. The number of amides is 2. The molecule has 2 aromatic carbocycles. The summed E-state index contributed by atoms with van der Waals surface area (Å²) in [6.45, 7) is 6.08. The molecule has 0 saturated carbocycles. The zero-order valence-corrected chi connectivity index (χ0v) is 21.6. The summed E-state index contributed by atoms with van der Waals surface area (Å²) in [6, 6.07) is 13.5. The van der Waals surface area contributed by atoms with Gasteiger partial charge in [-0.15, -0.1) is 0 Å². The van der Waals surface area contributed by atoms with Crippen LogP contribution in [0.15, 0.2) is 61.1 Å². The summed E-state index contributed by atoms with van der Waals surface area (Å²) < 4.78 is 16.6. The molecule has 1 aliphatic rings. The molecule has 1 unspecified atom stereocenters. The second-order valence-electron chi connectivity index (χ2n) is 9.73. The van der Waals surface area contributed by atoms with Gasteiger partial charge >= 0.3 is 0 Å². The van der Waals surface area contributed by atoms with Crippen LogP contribution in [0.25, 0.3) is 22.5 Å².